The Balaban J connectivity index is 1.71. The second kappa shape index (κ2) is 11.1. The highest BCUT2D eigenvalue weighted by molar-refractivity contribution is 5.96. The Morgan fingerprint density at radius 3 is 2.00 bits per heavy atom. The van der Waals surface area contributed by atoms with E-state index in [4.69, 9.17) is 4.74 Å². The second-order valence-electron chi connectivity index (χ2n) is 9.17. The maximum absolute atomic E-state index is 14.8. The summed E-state index contributed by atoms with van der Waals surface area (Å²) >= 11 is 0. The van der Waals surface area contributed by atoms with Crippen LogP contribution >= 0.6 is 0 Å². The van der Waals surface area contributed by atoms with Crippen LogP contribution in [-0.4, -0.2) is 23.5 Å². The van der Waals surface area contributed by atoms with Crippen LogP contribution in [0.1, 0.15) is 54.0 Å². The number of hydrogen-bond donors (Lipinski definition) is 1. The topological polar surface area (TPSA) is 55.4 Å². The zero-order chi connectivity index (χ0) is 24.7. The molecule has 0 heterocycles. The number of carbonyl (C=O) groups is 2. The summed E-state index contributed by atoms with van der Waals surface area (Å²) in [6.45, 7) is 5.29. The molecule has 34 heavy (non-hydrogen) atoms. The number of halogens is 2. The summed E-state index contributed by atoms with van der Waals surface area (Å²) in [6.07, 6.45) is -0.922. The first-order chi connectivity index (χ1) is 16.1. The van der Waals surface area contributed by atoms with Gasteiger partial charge in [-0.3, -0.25) is 4.79 Å². The Morgan fingerprint density at radius 2 is 1.41 bits per heavy atom. The van der Waals surface area contributed by atoms with Crippen LogP contribution in [0.4, 0.5) is 8.78 Å². The van der Waals surface area contributed by atoms with Gasteiger partial charge >= 0.3 is 5.97 Å². The Kier molecular flexibility index (Phi) is 8.16. The minimum atomic E-state index is -1.25. The number of benzene rings is 3. The number of hydrogen-bond acceptors (Lipinski definition) is 3. The summed E-state index contributed by atoms with van der Waals surface area (Å²) < 4.78 is 33.3. The predicted octanol–water partition coefficient (Wildman–Crippen LogP) is 5.76. The molecule has 4 nitrogen and oxygen atoms in total. The number of carbonyl (C=O) groups excluding carboxylic acids is 2. The van der Waals surface area contributed by atoms with Crippen LogP contribution in [0.2, 0.25) is 0 Å². The maximum Gasteiger partial charge on any atom is 0.329 e. The Labute approximate surface area is 199 Å². The SMILES string of the molecule is CC(C)(C)OC(=O)[C@H](Cc1ccc(C(F)Cc2ccc(F)cc2)cc1)NC(=O)c1ccccc1. The fourth-order valence-corrected chi connectivity index (χ4v) is 3.44. The number of alkyl halides is 1. The van der Waals surface area contributed by atoms with Gasteiger partial charge in [-0.15, -0.1) is 0 Å². The Morgan fingerprint density at radius 1 is 0.853 bits per heavy atom. The van der Waals surface area contributed by atoms with Crippen LogP contribution < -0.4 is 5.32 Å². The van der Waals surface area contributed by atoms with Crippen molar-refractivity contribution in [2.24, 2.45) is 0 Å². The van der Waals surface area contributed by atoms with Gasteiger partial charge in [0.25, 0.3) is 5.91 Å². The average molecular weight is 466 g/mol. The summed E-state index contributed by atoms with van der Waals surface area (Å²) in [5.74, 6) is -1.28. The monoisotopic (exact) mass is 465 g/mol. The van der Waals surface area contributed by atoms with Crippen LogP contribution in [-0.2, 0) is 22.4 Å². The van der Waals surface area contributed by atoms with E-state index in [1.807, 2.05) is 0 Å². The number of amides is 1. The van der Waals surface area contributed by atoms with Crippen molar-refractivity contribution in [3.63, 3.8) is 0 Å². The second-order valence-corrected chi connectivity index (χ2v) is 9.17. The number of ether oxygens (including phenoxy) is 1. The predicted molar refractivity (Wildman–Crippen MR) is 128 cm³/mol. The maximum atomic E-state index is 14.8. The van der Waals surface area contributed by atoms with E-state index in [1.165, 1.54) is 12.1 Å². The number of nitrogens with one attached hydrogen (secondary N) is 1. The first-order valence-electron chi connectivity index (χ1n) is 11.2. The fourth-order valence-electron chi connectivity index (χ4n) is 3.44. The first kappa shape index (κ1) is 25.1. The lowest BCUT2D eigenvalue weighted by Gasteiger charge is -2.25. The van der Waals surface area contributed by atoms with Crippen LogP contribution in [0.25, 0.3) is 0 Å². The van der Waals surface area contributed by atoms with Gasteiger partial charge in [-0.05, 0) is 61.7 Å². The normalized spacial score (nSPS) is 13.1. The molecule has 1 N–H and O–H groups in total. The molecule has 0 saturated heterocycles. The molecule has 0 spiro atoms. The summed E-state index contributed by atoms with van der Waals surface area (Å²) in [6, 6.07) is 20.3. The molecular formula is C28H29F2NO3. The van der Waals surface area contributed by atoms with E-state index < -0.39 is 23.8 Å². The van der Waals surface area contributed by atoms with E-state index in [9.17, 15) is 18.4 Å². The largest absolute Gasteiger partial charge is 0.458 e. The molecule has 1 unspecified atom stereocenters. The lowest BCUT2D eigenvalue weighted by molar-refractivity contribution is -0.157. The zero-order valence-electron chi connectivity index (χ0n) is 19.6. The van der Waals surface area contributed by atoms with Crippen LogP contribution in [0, 0.1) is 5.82 Å². The van der Waals surface area contributed by atoms with Crippen molar-refractivity contribution >= 4 is 11.9 Å². The van der Waals surface area contributed by atoms with Gasteiger partial charge in [0, 0.05) is 18.4 Å². The van der Waals surface area contributed by atoms with Crippen molar-refractivity contribution in [1.29, 1.82) is 0 Å². The Bertz CT molecular complexity index is 1090. The third kappa shape index (κ3) is 7.51. The molecule has 0 saturated carbocycles. The summed E-state index contributed by atoms with van der Waals surface area (Å²) in [7, 11) is 0. The minimum Gasteiger partial charge on any atom is -0.458 e. The van der Waals surface area contributed by atoms with Gasteiger partial charge in [-0.1, -0.05) is 54.6 Å². The summed E-state index contributed by atoms with van der Waals surface area (Å²) in [5.41, 5.74) is 1.66. The molecule has 3 aromatic rings. The third-order valence-electron chi connectivity index (χ3n) is 5.14. The highest BCUT2D eigenvalue weighted by Gasteiger charge is 2.27. The molecule has 0 radical (unpaired) electrons. The minimum absolute atomic E-state index is 0.132. The van der Waals surface area contributed by atoms with Gasteiger partial charge in [-0.2, -0.15) is 0 Å². The highest BCUT2D eigenvalue weighted by atomic mass is 19.1. The van der Waals surface area contributed by atoms with Crippen molar-refractivity contribution < 1.29 is 23.1 Å². The molecule has 178 valence electrons. The molecule has 3 aromatic carbocycles. The van der Waals surface area contributed by atoms with E-state index in [0.29, 0.717) is 16.7 Å². The van der Waals surface area contributed by atoms with Crippen molar-refractivity contribution in [3.8, 4) is 0 Å². The lowest BCUT2D eigenvalue weighted by Crippen LogP contribution is -2.45. The zero-order valence-corrected chi connectivity index (χ0v) is 19.6. The van der Waals surface area contributed by atoms with E-state index in [-0.39, 0.29) is 24.6 Å². The molecule has 0 aliphatic heterocycles. The summed E-state index contributed by atoms with van der Waals surface area (Å²) in [5, 5.41) is 2.76. The number of esters is 1. The van der Waals surface area contributed by atoms with Gasteiger partial charge in [0.1, 0.15) is 23.6 Å². The van der Waals surface area contributed by atoms with E-state index in [2.05, 4.69) is 5.32 Å². The van der Waals surface area contributed by atoms with Gasteiger partial charge < -0.3 is 10.1 Å². The van der Waals surface area contributed by atoms with Crippen LogP contribution in [0.3, 0.4) is 0 Å². The van der Waals surface area contributed by atoms with E-state index in [1.54, 1.807) is 87.5 Å². The molecule has 1 amide bonds. The molecule has 0 aromatic heterocycles. The van der Waals surface area contributed by atoms with Gasteiger partial charge in [0.05, 0.1) is 0 Å². The molecule has 2 atom stereocenters. The summed E-state index contributed by atoms with van der Waals surface area (Å²) in [4.78, 5) is 25.5. The molecule has 0 fully saturated rings. The Hall–Kier alpha value is -3.54. The van der Waals surface area contributed by atoms with E-state index in [0.717, 1.165) is 5.56 Å². The average Bonchev–Trinajstić information content (AvgIpc) is 2.80. The lowest BCUT2D eigenvalue weighted by atomic mass is 9.99. The van der Waals surface area contributed by atoms with Crippen molar-refractivity contribution in [1.82, 2.24) is 5.32 Å². The standard InChI is InChI=1S/C28H29F2NO3/c1-28(2,3)34-27(33)25(31-26(32)22-7-5-4-6-8-22)18-20-9-13-21(14-10-20)24(30)17-19-11-15-23(29)16-12-19/h4-16,24-25H,17-18H2,1-3H3,(H,31,32)/t24?,25-/m0/s1. The molecule has 0 bridgehead atoms. The van der Waals surface area contributed by atoms with Crippen molar-refractivity contribution in [2.45, 2.75) is 51.4 Å². The van der Waals surface area contributed by atoms with Crippen molar-refractivity contribution in [2.75, 3.05) is 0 Å². The van der Waals surface area contributed by atoms with Crippen LogP contribution in [0.5, 0.6) is 0 Å². The number of rotatable bonds is 8. The van der Waals surface area contributed by atoms with Crippen molar-refractivity contribution in [3.05, 3.63) is 107 Å². The smallest absolute Gasteiger partial charge is 0.329 e. The molecule has 0 aliphatic carbocycles. The third-order valence-corrected chi connectivity index (χ3v) is 5.14. The van der Waals surface area contributed by atoms with Gasteiger partial charge in [0.2, 0.25) is 0 Å². The van der Waals surface area contributed by atoms with Gasteiger partial charge in [0.15, 0.2) is 0 Å². The highest BCUT2D eigenvalue weighted by Crippen LogP contribution is 2.23. The molecule has 0 aliphatic rings. The fraction of sp³-hybridized carbons (Fsp3) is 0.286. The molecule has 6 heteroatoms. The first-order valence-corrected chi connectivity index (χ1v) is 11.2. The quantitative estimate of drug-likeness (QED) is 0.430. The molecule has 3 rings (SSSR count). The van der Waals surface area contributed by atoms with Crippen LogP contribution in [0.15, 0.2) is 78.9 Å². The molecular weight excluding hydrogens is 436 g/mol. The van der Waals surface area contributed by atoms with Gasteiger partial charge in [-0.25, -0.2) is 13.6 Å². The van der Waals surface area contributed by atoms with E-state index >= 15 is 0 Å².